The fourth-order valence-corrected chi connectivity index (χ4v) is 3.05. The van der Waals surface area contributed by atoms with Crippen LogP contribution in [0, 0.1) is 0 Å². The normalized spacial score (nSPS) is 12.8. The molecule has 0 saturated carbocycles. The third-order valence-electron chi connectivity index (χ3n) is 3.10. The smallest absolute Gasteiger partial charge is 0.263 e. The predicted octanol–water partition coefficient (Wildman–Crippen LogP) is 1.57. The Morgan fingerprint density at radius 1 is 1.39 bits per heavy atom. The molecule has 0 bridgehead atoms. The third-order valence-corrected chi connectivity index (χ3v) is 5.53. The van der Waals surface area contributed by atoms with Gasteiger partial charge in [-0.2, -0.15) is 9.30 Å². The zero-order valence-corrected chi connectivity index (χ0v) is 15.0. The molecule has 0 spiro atoms. The second-order valence-electron chi connectivity index (χ2n) is 4.93. The van der Waals surface area contributed by atoms with Crippen molar-refractivity contribution < 1.29 is 13.2 Å². The van der Waals surface area contributed by atoms with E-state index in [-0.39, 0.29) is 6.54 Å². The molecular weight excluding hydrogens is 358 g/mol. The van der Waals surface area contributed by atoms with Crippen molar-refractivity contribution in [3.05, 3.63) is 51.2 Å². The van der Waals surface area contributed by atoms with Crippen LogP contribution in [0.1, 0.15) is 5.56 Å². The van der Waals surface area contributed by atoms with E-state index < -0.39 is 15.9 Å². The highest BCUT2D eigenvalue weighted by Crippen LogP contribution is 2.15. The number of hydrogen-bond acceptors (Lipinski definition) is 4. The average molecular weight is 374 g/mol. The largest absolute Gasteiger partial charge is 0.319 e. The van der Waals surface area contributed by atoms with Crippen molar-refractivity contribution in [2.75, 3.05) is 19.8 Å². The van der Waals surface area contributed by atoms with E-state index in [0.29, 0.717) is 16.4 Å². The minimum Gasteiger partial charge on any atom is -0.319 e. The van der Waals surface area contributed by atoms with Crippen molar-refractivity contribution in [3.63, 3.8) is 0 Å². The van der Waals surface area contributed by atoms with Gasteiger partial charge in [-0.1, -0.05) is 29.8 Å². The van der Waals surface area contributed by atoms with Gasteiger partial charge in [0.25, 0.3) is 5.91 Å². The number of carbonyl (C=O) groups excluding carboxylic acids is 1. The summed E-state index contributed by atoms with van der Waals surface area (Å²) in [4.78, 5) is 16.4. The van der Waals surface area contributed by atoms with E-state index in [4.69, 9.17) is 11.6 Å². The molecule has 0 N–H and O–H groups in total. The number of amides is 1. The standard InChI is InChI=1S/C14H16ClN3O3S2/c1-17(23(2,20)21)10-13(19)16-14-18(7-8-22-14)9-11-5-3-4-6-12(11)15/h3-8H,9-10H2,1-2H3. The minimum absolute atomic E-state index is 0.289. The molecule has 0 atom stereocenters. The Balaban J connectivity index is 2.20. The van der Waals surface area contributed by atoms with Crippen LogP contribution in [0.4, 0.5) is 0 Å². The molecule has 0 unspecified atom stereocenters. The van der Waals surface area contributed by atoms with Gasteiger partial charge in [0.1, 0.15) is 0 Å². The summed E-state index contributed by atoms with van der Waals surface area (Å²) in [5.41, 5.74) is 0.912. The molecule has 0 aliphatic carbocycles. The van der Waals surface area contributed by atoms with E-state index in [1.807, 2.05) is 23.6 Å². The zero-order valence-electron chi connectivity index (χ0n) is 12.6. The molecule has 0 aliphatic heterocycles. The molecule has 0 saturated heterocycles. The zero-order chi connectivity index (χ0) is 17.0. The molecule has 9 heteroatoms. The van der Waals surface area contributed by atoms with E-state index in [0.717, 1.165) is 16.1 Å². The molecule has 6 nitrogen and oxygen atoms in total. The summed E-state index contributed by atoms with van der Waals surface area (Å²) in [5, 5.41) is 2.45. The predicted molar refractivity (Wildman–Crippen MR) is 90.9 cm³/mol. The molecule has 1 aromatic carbocycles. The van der Waals surface area contributed by atoms with Crippen LogP contribution in [0.15, 0.2) is 40.8 Å². The summed E-state index contributed by atoms with van der Waals surface area (Å²) >= 11 is 7.44. The maximum atomic E-state index is 11.9. The molecular formula is C14H16ClN3O3S2. The van der Waals surface area contributed by atoms with Crippen LogP contribution in [0.3, 0.4) is 0 Å². The number of carbonyl (C=O) groups is 1. The number of sulfonamides is 1. The number of rotatable bonds is 5. The Hall–Kier alpha value is -1.48. The summed E-state index contributed by atoms with van der Waals surface area (Å²) < 4.78 is 25.4. The molecule has 2 aromatic rings. The van der Waals surface area contributed by atoms with Gasteiger partial charge in [0.05, 0.1) is 19.3 Å². The number of hydrogen-bond donors (Lipinski definition) is 0. The van der Waals surface area contributed by atoms with Gasteiger partial charge in [0.2, 0.25) is 10.0 Å². The van der Waals surface area contributed by atoms with E-state index in [1.54, 1.807) is 16.8 Å². The average Bonchev–Trinajstić information content (AvgIpc) is 2.87. The van der Waals surface area contributed by atoms with Crippen LogP contribution in [0.2, 0.25) is 5.02 Å². The molecule has 23 heavy (non-hydrogen) atoms. The Morgan fingerprint density at radius 2 is 2.09 bits per heavy atom. The summed E-state index contributed by atoms with van der Waals surface area (Å²) in [7, 11) is -2.07. The molecule has 0 radical (unpaired) electrons. The minimum atomic E-state index is -3.41. The fourth-order valence-electron chi connectivity index (χ4n) is 1.77. The quantitative estimate of drug-likeness (QED) is 0.798. The Labute approximate surface area is 143 Å². The van der Waals surface area contributed by atoms with Gasteiger partial charge >= 0.3 is 0 Å². The lowest BCUT2D eigenvalue weighted by molar-refractivity contribution is -0.118. The SMILES string of the molecule is CN(CC(=O)N=c1sccn1Cc1ccccc1Cl)S(C)(=O)=O. The third kappa shape index (κ3) is 5.00. The van der Waals surface area contributed by atoms with Crippen molar-refractivity contribution in [2.45, 2.75) is 6.54 Å². The van der Waals surface area contributed by atoms with Crippen LogP contribution in [-0.2, 0) is 21.4 Å². The van der Waals surface area contributed by atoms with E-state index in [1.165, 1.54) is 18.4 Å². The molecule has 0 fully saturated rings. The lowest BCUT2D eigenvalue weighted by atomic mass is 10.2. The maximum Gasteiger partial charge on any atom is 0.263 e. The molecule has 1 heterocycles. The monoisotopic (exact) mass is 373 g/mol. The first kappa shape index (κ1) is 17.9. The van der Waals surface area contributed by atoms with Crippen molar-refractivity contribution in [1.82, 2.24) is 8.87 Å². The molecule has 2 rings (SSSR count). The van der Waals surface area contributed by atoms with Crippen LogP contribution >= 0.6 is 22.9 Å². The summed E-state index contributed by atoms with van der Waals surface area (Å²) in [6.07, 6.45) is 2.85. The number of benzene rings is 1. The van der Waals surface area contributed by atoms with E-state index in [2.05, 4.69) is 4.99 Å². The first-order valence-electron chi connectivity index (χ1n) is 6.63. The highest BCUT2D eigenvalue weighted by molar-refractivity contribution is 7.88. The second-order valence-corrected chi connectivity index (χ2v) is 8.30. The van der Waals surface area contributed by atoms with Crippen LogP contribution < -0.4 is 4.80 Å². The lowest BCUT2D eigenvalue weighted by Gasteiger charge is -2.10. The lowest BCUT2D eigenvalue weighted by Crippen LogP contribution is -2.31. The molecule has 0 aliphatic rings. The van der Waals surface area contributed by atoms with Gasteiger partial charge in [0.15, 0.2) is 4.80 Å². The highest BCUT2D eigenvalue weighted by atomic mass is 35.5. The second kappa shape index (κ2) is 7.39. The number of likely N-dealkylation sites (N-methyl/N-ethyl adjacent to an activating group) is 1. The number of aromatic nitrogens is 1. The maximum absolute atomic E-state index is 11.9. The van der Waals surface area contributed by atoms with Crippen LogP contribution in [0.5, 0.6) is 0 Å². The molecule has 1 aromatic heterocycles. The van der Waals surface area contributed by atoms with Gasteiger partial charge < -0.3 is 4.57 Å². The first-order valence-corrected chi connectivity index (χ1v) is 9.74. The number of halogens is 1. The number of nitrogens with zero attached hydrogens (tertiary/aromatic N) is 3. The first-order chi connectivity index (χ1) is 10.8. The van der Waals surface area contributed by atoms with E-state index >= 15 is 0 Å². The Morgan fingerprint density at radius 3 is 2.74 bits per heavy atom. The van der Waals surface area contributed by atoms with Gasteiger partial charge in [-0.05, 0) is 11.6 Å². The summed E-state index contributed by atoms with van der Waals surface area (Å²) in [6, 6.07) is 7.43. The van der Waals surface area contributed by atoms with Gasteiger partial charge in [-0.15, -0.1) is 11.3 Å². The number of thiazole rings is 1. The molecule has 124 valence electrons. The fraction of sp³-hybridized carbons (Fsp3) is 0.286. The topological polar surface area (TPSA) is 71.7 Å². The van der Waals surface area contributed by atoms with Gasteiger partial charge in [0, 0.05) is 23.6 Å². The summed E-state index contributed by atoms with van der Waals surface area (Å²) in [6.45, 7) is 0.194. The Kier molecular flexibility index (Phi) is 5.74. The van der Waals surface area contributed by atoms with Crippen molar-refractivity contribution in [1.29, 1.82) is 0 Å². The summed E-state index contributed by atoms with van der Waals surface area (Å²) in [5.74, 6) is -0.520. The van der Waals surface area contributed by atoms with Crippen molar-refractivity contribution >= 4 is 38.9 Å². The highest BCUT2D eigenvalue weighted by Gasteiger charge is 2.14. The van der Waals surface area contributed by atoms with Gasteiger partial charge in [-0.25, -0.2) is 8.42 Å². The van der Waals surface area contributed by atoms with Crippen molar-refractivity contribution in [3.8, 4) is 0 Å². The molecule has 1 amide bonds. The van der Waals surface area contributed by atoms with Crippen molar-refractivity contribution in [2.24, 2.45) is 4.99 Å². The van der Waals surface area contributed by atoms with E-state index in [9.17, 15) is 13.2 Å². The van der Waals surface area contributed by atoms with Gasteiger partial charge in [-0.3, -0.25) is 4.79 Å². The van der Waals surface area contributed by atoms with Crippen LogP contribution in [0.25, 0.3) is 0 Å². The Bertz CT molecular complexity index is 871. The van der Waals surface area contributed by atoms with Crippen LogP contribution in [-0.4, -0.2) is 43.0 Å².